The first-order valence-corrected chi connectivity index (χ1v) is 10.2. The van der Waals surface area contributed by atoms with Gasteiger partial charge in [-0.15, -0.1) is 0 Å². The number of rotatable bonds is 4. The summed E-state index contributed by atoms with van der Waals surface area (Å²) in [6.45, 7) is 3.12. The minimum absolute atomic E-state index is 0.113. The van der Waals surface area contributed by atoms with Crippen molar-refractivity contribution in [2.45, 2.75) is 70.3 Å². The van der Waals surface area contributed by atoms with Gasteiger partial charge in [0.2, 0.25) is 0 Å². The van der Waals surface area contributed by atoms with Crippen molar-refractivity contribution in [1.29, 1.82) is 0 Å². The van der Waals surface area contributed by atoms with Gasteiger partial charge < -0.3 is 15.9 Å². The molecule has 0 aliphatic heterocycles. The van der Waals surface area contributed by atoms with Crippen molar-refractivity contribution in [3.8, 4) is 5.75 Å². The molecule has 1 aromatic carbocycles. The number of hydrogen-bond donors (Lipinski definition) is 3. The molecule has 0 aromatic heterocycles. The molecular formula is C22H33NO2. The van der Waals surface area contributed by atoms with Crippen molar-refractivity contribution in [3.63, 3.8) is 0 Å². The summed E-state index contributed by atoms with van der Waals surface area (Å²) in [5.74, 6) is 3.00. The van der Waals surface area contributed by atoms with Crippen LogP contribution in [-0.2, 0) is 6.42 Å². The normalized spacial score (nSPS) is 39.6. The molecule has 0 unspecified atom stereocenters. The van der Waals surface area contributed by atoms with E-state index < -0.39 is 0 Å². The Morgan fingerprint density at radius 1 is 1.20 bits per heavy atom. The molecule has 6 atom stereocenters. The molecule has 2 fully saturated rings. The monoisotopic (exact) mass is 343 g/mol. The number of benzene rings is 1. The largest absolute Gasteiger partial charge is 0.508 e. The lowest BCUT2D eigenvalue weighted by Crippen LogP contribution is -2.47. The highest BCUT2D eigenvalue weighted by atomic mass is 16.3. The van der Waals surface area contributed by atoms with Gasteiger partial charge in [0, 0.05) is 0 Å². The van der Waals surface area contributed by atoms with Crippen LogP contribution in [0, 0.1) is 23.2 Å². The Balaban J connectivity index is 1.69. The molecule has 1 aromatic rings. The van der Waals surface area contributed by atoms with Gasteiger partial charge in [-0.3, -0.25) is 0 Å². The van der Waals surface area contributed by atoms with Crippen LogP contribution in [0.4, 0.5) is 0 Å². The lowest BCUT2D eigenvalue weighted by atomic mass is 9.52. The van der Waals surface area contributed by atoms with Gasteiger partial charge in [-0.2, -0.15) is 0 Å². The maximum atomic E-state index is 10.7. The van der Waals surface area contributed by atoms with E-state index in [4.69, 9.17) is 5.73 Å². The number of unbranched alkanes of at least 4 members (excludes halogenated alkanes) is 1. The van der Waals surface area contributed by atoms with Gasteiger partial charge in [0.15, 0.2) is 0 Å². The second kappa shape index (κ2) is 6.59. The minimum Gasteiger partial charge on any atom is -0.508 e. The third-order valence-electron chi connectivity index (χ3n) is 7.86. The third-order valence-corrected chi connectivity index (χ3v) is 7.86. The summed E-state index contributed by atoms with van der Waals surface area (Å²) in [6.07, 6.45) is 8.96. The van der Waals surface area contributed by atoms with Crippen LogP contribution in [0.15, 0.2) is 18.2 Å². The zero-order valence-corrected chi connectivity index (χ0v) is 15.5. The lowest BCUT2D eigenvalue weighted by molar-refractivity contribution is -0.0395. The molecule has 0 amide bonds. The molecule has 3 nitrogen and oxygen atoms in total. The average Bonchev–Trinajstić information content (AvgIpc) is 2.90. The highest BCUT2D eigenvalue weighted by Crippen LogP contribution is 2.62. The number of aliphatic hydroxyl groups is 1. The van der Waals surface area contributed by atoms with Gasteiger partial charge >= 0.3 is 0 Å². The first kappa shape index (κ1) is 17.4. The summed E-state index contributed by atoms with van der Waals surface area (Å²) >= 11 is 0. The van der Waals surface area contributed by atoms with Crippen LogP contribution in [-0.4, -0.2) is 22.9 Å². The van der Waals surface area contributed by atoms with Crippen LogP contribution in [0.1, 0.15) is 68.9 Å². The molecule has 3 heteroatoms. The molecule has 4 N–H and O–H groups in total. The fourth-order valence-corrected chi connectivity index (χ4v) is 6.58. The molecule has 25 heavy (non-hydrogen) atoms. The number of phenolic OH excluding ortho intramolecular Hbond substituents is 1. The van der Waals surface area contributed by atoms with Crippen LogP contribution in [0.5, 0.6) is 5.75 Å². The van der Waals surface area contributed by atoms with Crippen molar-refractivity contribution >= 4 is 0 Å². The summed E-state index contributed by atoms with van der Waals surface area (Å²) in [7, 11) is 0. The van der Waals surface area contributed by atoms with Crippen LogP contribution in [0.3, 0.4) is 0 Å². The number of nitrogens with two attached hydrogens (primary N) is 1. The zero-order chi connectivity index (χ0) is 17.6. The summed E-state index contributed by atoms with van der Waals surface area (Å²) in [4.78, 5) is 0. The number of phenols is 1. The van der Waals surface area contributed by atoms with E-state index in [9.17, 15) is 10.2 Å². The van der Waals surface area contributed by atoms with E-state index in [0.29, 0.717) is 29.4 Å². The second-order valence-corrected chi connectivity index (χ2v) is 9.06. The first-order chi connectivity index (χ1) is 12.0. The van der Waals surface area contributed by atoms with E-state index in [1.54, 1.807) is 0 Å². The topological polar surface area (TPSA) is 66.5 Å². The van der Waals surface area contributed by atoms with Crippen molar-refractivity contribution < 1.29 is 10.2 Å². The van der Waals surface area contributed by atoms with Crippen molar-refractivity contribution in [3.05, 3.63) is 29.3 Å². The van der Waals surface area contributed by atoms with Gasteiger partial charge in [0.25, 0.3) is 0 Å². The Hall–Kier alpha value is -1.06. The summed E-state index contributed by atoms with van der Waals surface area (Å²) in [6, 6.07) is 6.03. The Kier molecular flexibility index (Phi) is 4.57. The minimum atomic E-state index is -0.121. The second-order valence-electron chi connectivity index (χ2n) is 9.06. The van der Waals surface area contributed by atoms with E-state index in [1.165, 1.54) is 36.8 Å². The number of aliphatic hydroxyl groups excluding tert-OH is 1. The molecule has 0 saturated heterocycles. The molecule has 0 radical (unpaired) electrons. The van der Waals surface area contributed by atoms with Gasteiger partial charge in [-0.1, -0.05) is 19.4 Å². The first-order valence-electron chi connectivity index (χ1n) is 10.2. The van der Waals surface area contributed by atoms with Crippen molar-refractivity contribution in [1.82, 2.24) is 0 Å². The Morgan fingerprint density at radius 2 is 2.04 bits per heavy atom. The van der Waals surface area contributed by atoms with Crippen molar-refractivity contribution in [2.75, 3.05) is 6.54 Å². The average molecular weight is 344 g/mol. The molecule has 138 valence electrons. The van der Waals surface area contributed by atoms with Crippen LogP contribution in [0.2, 0.25) is 0 Å². The van der Waals surface area contributed by atoms with E-state index in [2.05, 4.69) is 13.0 Å². The predicted octanol–water partition coefficient (Wildman–Crippen LogP) is 3.96. The Morgan fingerprint density at radius 3 is 2.84 bits per heavy atom. The molecule has 3 aliphatic rings. The number of fused-ring (bicyclic) bond motifs is 5. The van der Waals surface area contributed by atoms with Crippen LogP contribution in [0.25, 0.3) is 0 Å². The quantitative estimate of drug-likeness (QED) is 0.725. The van der Waals surface area contributed by atoms with Gasteiger partial charge in [0.05, 0.1) is 6.10 Å². The molecule has 0 spiro atoms. The summed E-state index contributed by atoms with van der Waals surface area (Å²) in [5.41, 5.74) is 8.68. The molecule has 0 heterocycles. The maximum Gasteiger partial charge on any atom is 0.115 e. The van der Waals surface area contributed by atoms with Crippen molar-refractivity contribution in [2.24, 2.45) is 28.9 Å². The van der Waals surface area contributed by atoms with E-state index in [1.807, 2.05) is 12.1 Å². The van der Waals surface area contributed by atoms with Crippen LogP contribution < -0.4 is 5.73 Å². The molecule has 3 aliphatic carbocycles. The van der Waals surface area contributed by atoms with Gasteiger partial charge in [-0.25, -0.2) is 0 Å². The lowest BCUT2D eigenvalue weighted by Gasteiger charge is -2.53. The molecule has 0 bridgehead atoms. The summed E-state index contributed by atoms with van der Waals surface area (Å²) in [5, 5.41) is 20.6. The number of aromatic hydroxyl groups is 1. The maximum absolute atomic E-state index is 10.7. The van der Waals surface area contributed by atoms with Gasteiger partial charge in [-0.05, 0) is 104 Å². The fraction of sp³-hybridized carbons (Fsp3) is 0.727. The van der Waals surface area contributed by atoms with E-state index in [-0.39, 0.29) is 11.5 Å². The van der Waals surface area contributed by atoms with Crippen LogP contribution >= 0.6 is 0 Å². The standard InChI is InChI=1S/C22H33NO2/c1-22-10-9-18-17-6-5-16(24)13-15(17)12-14(4-2-3-11-23)21(18)19(22)7-8-20(22)25/h5-6,13-14,18-21,24-25H,2-4,7-12,23H2,1H3/t14-,18-,19+,20+,21-,22+/m1/s1. The zero-order valence-electron chi connectivity index (χ0n) is 15.5. The highest BCUT2D eigenvalue weighted by molar-refractivity contribution is 5.40. The van der Waals surface area contributed by atoms with E-state index >= 15 is 0 Å². The molecule has 2 saturated carbocycles. The van der Waals surface area contributed by atoms with Gasteiger partial charge in [0.1, 0.15) is 5.75 Å². The third kappa shape index (κ3) is 2.80. The van der Waals surface area contributed by atoms with E-state index in [0.717, 1.165) is 32.2 Å². The smallest absolute Gasteiger partial charge is 0.115 e. The highest BCUT2D eigenvalue weighted by Gasteiger charge is 2.56. The Labute approximate surface area is 151 Å². The number of hydrogen-bond acceptors (Lipinski definition) is 3. The SMILES string of the molecule is C[C@]12CC[C@@H]3c4ccc(O)cc4C[C@@H](CCCCN)[C@H]3[C@@H]1CC[C@@H]2O. The molecular weight excluding hydrogens is 310 g/mol. The molecule has 4 rings (SSSR count). The predicted molar refractivity (Wildman–Crippen MR) is 101 cm³/mol. The summed E-state index contributed by atoms with van der Waals surface area (Å²) < 4.78 is 0. The Bertz CT molecular complexity index is 630. The fourth-order valence-electron chi connectivity index (χ4n) is 6.58.